The van der Waals surface area contributed by atoms with Gasteiger partial charge in [0.1, 0.15) is 5.75 Å². The first-order chi connectivity index (χ1) is 9.35. The van der Waals surface area contributed by atoms with Gasteiger partial charge in [0.15, 0.2) is 0 Å². The normalized spacial score (nSPS) is 18.8. The van der Waals surface area contributed by atoms with E-state index in [0.717, 1.165) is 45.0 Å². The lowest BCUT2D eigenvalue weighted by Crippen LogP contribution is -2.35. The maximum absolute atomic E-state index is 5.50. The molecule has 0 aromatic heterocycles. The number of hydrogen-bond donors (Lipinski definition) is 1. The molecule has 1 aliphatic heterocycles. The van der Waals surface area contributed by atoms with Crippen LogP contribution in [-0.4, -0.2) is 51.9 Å². The number of rotatable bonds is 5. The lowest BCUT2D eigenvalue weighted by molar-refractivity contribution is 0.139. The average Bonchev–Trinajstić information content (AvgIpc) is 2.73. The predicted molar refractivity (Wildman–Crippen MR) is 76.7 cm³/mol. The molecule has 1 heterocycles. The van der Waals surface area contributed by atoms with Crippen molar-refractivity contribution in [3.63, 3.8) is 0 Å². The van der Waals surface area contributed by atoms with Crippen LogP contribution in [0.3, 0.4) is 0 Å². The number of methoxy groups -OCH3 is 1. The molecular formula is C15H24N2O2. The highest BCUT2D eigenvalue weighted by Crippen LogP contribution is 2.25. The fourth-order valence-electron chi connectivity index (χ4n) is 2.54. The molecule has 0 amide bonds. The predicted octanol–water partition coefficient (Wildman–Crippen LogP) is 1.68. The molecule has 0 bridgehead atoms. The molecule has 1 atom stereocenters. The average molecular weight is 264 g/mol. The van der Waals surface area contributed by atoms with Crippen LogP contribution in [0.25, 0.3) is 0 Å². The molecule has 4 heteroatoms. The van der Waals surface area contributed by atoms with Gasteiger partial charge in [0.05, 0.1) is 13.7 Å². The lowest BCUT2D eigenvalue weighted by atomic mass is 10.1. The van der Waals surface area contributed by atoms with Gasteiger partial charge in [-0.25, -0.2) is 0 Å². The van der Waals surface area contributed by atoms with E-state index in [0.29, 0.717) is 0 Å². The summed E-state index contributed by atoms with van der Waals surface area (Å²) in [5.74, 6) is 0.952. The highest BCUT2D eigenvalue weighted by molar-refractivity contribution is 5.36. The van der Waals surface area contributed by atoms with Crippen molar-refractivity contribution in [3.8, 4) is 5.75 Å². The third kappa shape index (κ3) is 3.93. The Kier molecular flexibility index (Phi) is 5.63. The van der Waals surface area contributed by atoms with Gasteiger partial charge >= 0.3 is 0 Å². The van der Waals surface area contributed by atoms with Crippen molar-refractivity contribution in [2.45, 2.75) is 12.5 Å². The molecule has 1 aromatic carbocycles. The quantitative estimate of drug-likeness (QED) is 0.877. The number of likely N-dealkylation sites (N-methyl/N-ethyl adjacent to an activating group) is 1. The van der Waals surface area contributed by atoms with E-state index in [4.69, 9.17) is 9.47 Å². The molecule has 1 saturated heterocycles. The Morgan fingerprint density at radius 1 is 1.32 bits per heavy atom. The smallest absolute Gasteiger partial charge is 0.123 e. The summed E-state index contributed by atoms with van der Waals surface area (Å²) in [6.07, 6.45) is 1.11. The molecule has 106 valence electrons. The Hall–Kier alpha value is -1.10. The number of benzene rings is 1. The molecule has 19 heavy (non-hydrogen) atoms. The number of nitrogens with zero attached hydrogens (tertiary/aromatic N) is 1. The first-order valence-electron chi connectivity index (χ1n) is 6.95. The zero-order valence-corrected chi connectivity index (χ0v) is 11.9. The minimum Gasteiger partial charge on any atom is -0.496 e. The Labute approximate surface area is 115 Å². The van der Waals surface area contributed by atoms with E-state index >= 15 is 0 Å². The van der Waals surface area contributed by atoms with Gasteiger partial charge < -0.3 is 14.8 Å². The van der Waals surface area contributed by atoms with Crippen LogP contribution < -0.4 is 10.1 Å². The molecule has 0 spiro atoms. The number of hydrogen-bond acceptors (Lipinski definition) is 4. The van der Waals surface area contributed by atoms with Crippen LogP contribution in [0, 0.1) is 0 Å². The number of nitrogens with one attached hydrogen (secondary N) is 1. The topological polar surface area (TPSA) is 33.7 Å². The SMILES string of the molecule is CNC(CN1CCCOCC1)c1ccccc1OC. The van der Waals surface area contributed by atoms with Crippen molar-refractivity contribution in [1.29, 1.82) is 0 Å². The summed E-state index contributed by atoms with van der Waals surface area (Å²) in [5.41, 5.74) is 1.22. The summed E-state index contributed by atoms with van der Waals surface area (Å²) in [7, 11) is 3.73. The summed E-state index contributed by atoms with van der Waals surface area (Å²) in [5, 5.41) is 3.40. The molecule has 1 N–H and O–H groups in total. The van der Waals surface area contributed by atoms with Crippen molar-refractivity contribution in [3.05, 3.63) is 29.8 Å². The first kappa shape index (κ1) is 14.3. The van der Waals surface area contributed by atoms with E-state index in [2.05, 4.69) is 22.3 Å². The molecular weight excluding hydrogens is 240 g/mol. The van der Waals surface area contributed by atoms with Gasteiger partial charge in [-0.05, 0) is 19.5 Å². The van der Waals surface area contributed by atoms with Crippen LogP contribution >= 0.6 is 0 Å². The Morgan fingerprint density at radius 3 is 2.95 bits per heavy atom. The third-order valence-electron chi connectivity index (χ3n) is 3.62. The van der Waals surface area contributed by atoms with E-state index < -0.39 is 0 Å². The summed E-state index contributed by atoms with van der Waals surface area (Å²) >= 11 is 0. The van der Waals surface area contributed by atoms with Gasteiger partial charge in [-0.15, -0.1) is 0 Å². The van der Waals surface area contributed by atoms with Crippen molar-refractivity contribution in [2.24, 2.45) is 0 Å². The van der Waals surface area contributed by atoms with Gasteiger partial charge in [-0.2, -0.15) is 0 Å². The van der Waals surface area contributed by atoms with E-state index in [9.17, 15) is 0 Å². The molecule has 0 aliphatic carbocycles. The minimum absolute atomic E-state index is 0.286. The summed E-state index contributed by atoms with van der Waals surface area (Å²) < 4.78 is 11.0. The second-order valence-electron chi connectivity index (χ2n) is 4.85. The molecule has 1 aromatic rings. The van der Waals surface area contributed by atoms with Gasteiger partial charge in [-0.3, -0.25) is 4.90 Å². The van der Waals surface area contributed by atoms with E-state index in [-0.39, 0.29) is 6.04 Å². The molecule has 0 saturated carbocycles. The minimum atomic E-state index is 0.286. The van der Waals surface area contributed by atoms with Crippen LogP contribution in [0.15, 0.2) is 24.3 Å². The first-order valence-corrected chi connectivity index (χ1v) is 6.95. The van der Waals surface area contributed by atoms with Gasteiger partial charge in [0, 0.05) is 37.8 Å². The van der Waals surface area contributed by atoms with Crippen molar-refractivity contribution in [2.75, 3.05) is 47.0 Å². The maximum atomic E-state index is 5.50. The van der Waals surface area contributed by atoms with Crippen LogP contribution in [0.2, 0.25) is 0 Å². The summed E-state index contributed by atoms with van der Waals surface area (Å²) in [6, 6.07) is 8.51. The highest BCUT2D eigenvalue weighted by Gasteiger charge is 2.18. The van der Waals surface area contributed by atoms with Crippen LogP contribution in [-0.2, 0) is 4.74 Å². The fourth-order valence-corrected chi connectivity index (χ4v) is 2.54. The van der Waals surface area contributed by atoms with Gasteiger partial charge in [0.25, 0.3) is 0 Å². The Morgan fingerprint density at radius 2 is 2.16 bits per heavy atom. The van der Waals surface area contributed by atoms with Crippen molar-refractivity contribution in [1.82, 2.24) is 10.2 Å². The monoisotopic (exact) mass is 264 g/mol. The van der Waals surface area contributed by atoms with E-state index in [1.807, 2.05) is 19.2 Å². The second-order valence-corrected chi connectivity index (χ2v) is 4.85. The largest absolute Gasteiger partial charge is 0.496 e. The van der Waals surface area contributed by atoms with Gasteiger partial charge in [-0.1, -0.05) is 18.2 Å². The van der Waals surface area contributed by atoms with Gasteiger partial charge in [0.2, 0.25) is 0 Å². The molecule has 1 aliphatic rings. The van der Waals surface area contributed by atoms with E-state index in [1.54, 1.807) is 7.11 Å². The fraction of sp³-hybridized carbons (Fsp3) is 0.600. The van der Waals surface area contributed by atoms with Crippen molar-refractivity contribution < 1.29 is 9.47 Å². The third-order valence-corrected chi connectivity index (χ3v) is 3.62. The molecule has 1 fully saturated rings. The number of para-hydroxylation sites is 1. The summed E-state index contributed by atoms with van der Waals surface area (Å²) in [4.78, 5) is 2.46. The molecule has 2 rings (SSSR count). The summed E-state index contributed by atoms with van der Waals surface area (Å²) in [6.45, 7) is 4.82. The molecule has 0 radical (unpaired) electrons. The highest BCUT2D eigenvalue weighted by atomic mass is 16.5. The Bertz CT molecular complexity index is 376. The lowest BCUT2D eigenvalue weighted by Gasteiger charge is -2.26. The standard InChI is InChI=1S/C15H24N2O2/c1-16-14(12-17-8-5-10-19-11-9-17)13-6-3-4-7-15(13)18-2/h3-4,6-7,14,16H,5,8-12H2,1-2H3. The van der Waals surface area contributed by atoms with Crippen molar-refractivity contribution >= 4 is 0 Å². The zero-order valence-electron chi connectivity index (χ0n) is 11.9. The zero-order chi connectivity index (χ0) is 13.5. The van der Waals surface area contributed by atoms with Crippen LogP contribution in [0.1, 0.15) is 18.0 Å². The Balaban J connectivity index is 2.06. The maximum Gasteiger partial charge on any atom is 0.123 e. The van der Waals surface area contributed by atoms with Crippen LogP contribution in [0.5, 0.6) is 5.75 Å². The second kappa shape index (κ2) is 7.48. The number of ether oxygens (including phenoxy) is 2. The van der Waals surface area contributed by atoms with Crippen LogP contribution in [0.4, 0.5) is 0 Å². The molecule has 4 nitrogen and oxygen atoms in total. The molecule has 1 unspecified atom stereocenters. The van der Waals surface area contributed by atoms with E-state index in [1.165, 1.54) is 5.56 Å².